The van der Waals surface area contributed by atoms with Crippen molar-refractivity contribution in [3.63, 3.8) is 0 Å². The molecule has 2 aromatic carbocycles. The predicted octanol–water partition coefficient (Wildman–Crippen LogP) is 6.09. The fourth-order valence-electron chi connectivity index (χ4n) is 3.27. The Bertz CT molecular complexity index is 1410. The molecule has 4 aromatic rings. The Hall–Kier alpha value is -3.11. The lowest BCUT2D eigenvalue weighted by molar-refractivity contribution is -0.141. The monoisotopic (exact) mass is 492 g/mol. The summed E-state index contributed by atoms with van der Waals surface area (Å²) < 4.78 is 71.0. The van der Waals surface area contributed by atoms with Crippen LogP contribution < -0.4 is 4.74 Å². The third-order valence-electron chi connectivity index (χ3n) is 4.78. The molecular formula is C23H19F3N2O3S2. The van der Waals surface area contributed by atoms with E-state index in [4.69, 9.17) is 4.74 Å². The fraction of sp³-hybridized carbons (Fsp3) is 0.174. The molecule has 0 aliphatic carbocycles. The van der Waals surface area contributed by atoms with E-state index in [2.05, 4.69) is 5.10 Å². The van der Waals surface area contributed by atoms with Gasteiger partial charge in [0.2, 0.25) is 0 Å². The maximum Gasteiger partial charge on any atom is 0.435 e. The van der Waals surface area contributed by atoms with Gasteiger partial charge in [-0.25, -0.2) is 13.1 Å². The molecule has 33 heavy (non-hydrogen) atoms. The van der Waals surface area contributed by atoms with Crippen molar-refractivity contribution in [1.82, 2.24) is 9.78 Å². The van der Waals surface area contributed by atoms with E-state index in [9.17, 15) is 21.6 Å². The number of rotatable bonds is 6. The fourth-order valence-corrected chi connectivity index (χ4v) is 4.95. The molecule has 0 unspecified atom stereocenters. The lowest BCUT2D eigenvalue weighted by Crippen LogP contribution is -2.07. The van der Waals surface area contributed by atoms with Crippen molar-refractivity contribution in [2.75, 3.05) is 12.9 Å². The van der Waals surface area contributed by atoms with E-state index in [1.807, 2.05) is 6.92 Å². The van der Waals surface area contributed by atoms with Gasteiger partial charge in [0.25, 0.3) is 0 Å². The summed E-state index contributed by atoms with van der Waals surface area (Å²) in [6.45, 7) is 2.24. The van der Waals surface area contributed by atoms with Crippen molar-refractivity contribution >= 4 is 21.2 Å². The van der Waals surface area contributed by atoms with Gasteiger partial charge in [-0.05, 0) is 55.0 Å². The van der Waals surface area contributed by atoms with Crippen LogP contribution in [0, 0.1) is 0 Å². The number of nitrogens with zero attached hydrogens (tertiary/aromatic N) is 2. The second-order valence-electron chi connectivity index (χ2n) is 7.22. The molecule has 5 nitrogen and oxygen atoms in total. The lowest BCUT2D eigenvalue weighted by atomic mass is 10.2. The molecule has 0 saturated heterocycles. The van der Waals surface area contributed by atoms with Gasteiger partial charge in [-0.15, -0.1) is 11.3 Å². The van der Waals surface area contributed by atoms with Crippen LogP contribution in [0.2, 0.25) is 0 Å². The van der Waals surface area contributed by atoms with Crippen molar-refractivity contribution < 1.29 is 26.3 Å². The summed E-state index contributed by atoms with van der Waals surface area (Å²) in [6, 6.07) is 17.6. The van der Waals surface area contributed by atoms with Crippen LogP contribution in [0.1, 0.15) is 12.6 Å². The highest BCUT2D eigenvalue weighted by Gasteiger charge is 2.35. The Balaban J connectivity index is 1.81. The van der Waals surface area contributed by atoms with Gasteiger partial charge in [0.05, 0.1) is 27.8 Å². The molecule has 0 N–H and O–H groups in total. The summed E-state index contributed by atoms with van der Waals surface area (Å²) >= 11 is 1.25. The molecule has 10 heteroatoms. The number of alkyl halides is 3. The first-order valence-corrected chi connectivity index (χ1v) is 12.6. The van der Waals surface area contributed by atoms with E-state index in [0.717, 1.165) is 17.2 Å². The van der Waals surface area contributed by atoms with Gasteiger partial charge < -0.3 is 4.74 Å². The molecule has 2 aromatic heterocycles. The van der Waals surface area contributed by atoms with Crippen LogP contribution >= 0.6 is 11.3 Å². The maximum atomic E-state index is 13.5. The van der Waals surface area contributed by atoms with Crippen molar-refractivity contribution in [2.45, 2.75) is 18.0 Å². The summed E-state index contributed by atoms with van der Waals surface area (Å²) in [5.41, 5.74) is 0.356. The summed E-state index contributed by atoms with van der Waals surface area (Å²) in [4.78, 5) is 1.45. The molecule has 0 aliphatic rings. The molecule has 4 rings (SSSR count). The summed E-state index contributed by atoms with van der Waals surface area (Å²) in [5.74, 6) is 0.523. The standard InChI is InChI=1S/C23H19F3N2O3S2/c1-3-31-17-8-5-7-16(13-17)28-19(14-22(27-28)23(24,25)26)21-11-10-20(32-21)15-6-4-9-18(12-15)33(2,29)30/h4-14H,3H2,1-2H3. The minimum Gasteiger partial charge on any atom is -0.494 e. The Morgan fingerprint density at radius 2 is 1.73 bits per heavy atom. The molecule has 0 atom stereocenters. The summed E-state index contributed by atoms with van der Waals surface area (Å²) in [6.07, 6.45) is -3.49. The van der Waals surface area contributed by atoms with Crippen molar-refractivity contribution in [1.29, 1.82) is 0 Å². The summed E-state index contributed by atoms with van der Waals surface area (Å²) in [7, 11) is -3.39. The second-order valence-corrected chi connectivity index (χ2v) is 10.3. The highest BCUT2D eigenvalue weighted by Crippen LogP contribution is 2.39. The van der Waals surface area contributed by atoms with E-state index < -0.39 is 21.7 Å². The number of ether oxygens (including phenoxy) is 1. The first kappa shape index (κ1) is 23.1. The molecule has 0 fully saturated rings. The average molecular weight is 493 g/mol. The van der Waals surface area contributed by atoms with Gasteiger partial charge in [0, 0.05) is 17.2 Å². The first-order chi connectivity index (χ1) is 15.6. The normalized spacial score (nSPS) is 12.2. The molecule has 0 radical (unpaired) electrons. The highest BCUT2D eigenvalue weighted by molar-refractivity contribution is 7.90. The third-order valence-corrected chi connectivity index (χ3v) is 7.05. The molecule has 0 saturated carbocycles. The molecule has 0 aliphatic heterocycles. The van der Waals surface area contributed by atoms with Crippen LogP contribution in [-0.2, 0) is 16.0 Å². The van der Waals surface area contributed by atoms with E-state index in [1.54, 1.807) is 54.6 Å². The molecule has 172 valence electrons. The quantitative estimate of drug-likeness (QED) is 0.327. The molecule has 2 heterocycles. The van der Waals surface area contributed by atoms with Gasteiger partial charge >= 0.3 is 6.18 Å². The number of hydrogen-bond acceptors (Lipinski definition) is 5. The van der Waals surface area contributed by atoms with E-state index in [1.165, 1.54) is 22.1 Å². The van der Waals surface area contributed by atoms with Crippen LogP contribution in [0.25, 0.3) is 26.7 Å². The van der Waals surface area contributed by atoms with Crippen LogP contribution in [0.4, 0.5) is 13.2 Å². The molecule has 0 bridgehead atoms. The smallest absolute Gasteiger partial charge is 0.435 e. The third kappa shape index (κ3) is 4.96. The van der Waals surface area contributed by atoms with Crippen molar-refractivity contribution in [3.05, 3.63) is 72.4 Å². The Morgan fingerprint density at radius 1 is 1.00 bits per heavy atom. The lowest BCUT2D eigenvalue weighted by Gasteiger charge is -2.09. The van der Waals surface area contributed by atoms with Gasteiger partial charge in [0.15, 0.2) is 15.5 Å². The van der Waals surface area contributed by atoms with Crippen LogP contribution in [0.3, 0.4) is 0 Å². The Labute approximate surface area is 193 Å². The minimum absolute atomic E-state index is 0.173. The highest BCUT2D eigenvalue weighted by atomic mass is 32.2. The van der Waals surface area contributed by atoms with Gasteiger partial charge in [-0.3, -0.25) is 0 Å². The number of aromatic nitrogens is 2. The average Bonchev–Trinajstić information content (AvgIpc) is 3.41. The van der Waals surface area contributed by atoms with Crippen LogP contribution in [-0.4, -0.2) is 31.1 Å². The van der Waals surface area contributed by atoms with Crippen molar-refractivity contribution in [3.8, 4) is 32.4 Å². The Kier molecular flexibility index (Phi) is 6.06. The van der Waals surface area contributed by atoms with E-state index in [0.29, 0.717) is 28.5 Å². The number of sulfone groups is 1. The second kappa shape index (κ2) is 8.68. The topological polar surface area (TPSA) is 61.2 Å². The van der Waals surface area contributed by atoms with Crippen LogP contribution in [0.5, 0.6) is 5.75 Å². The molecule has 0 spiro atoms. The zero-order chi connectivity index (χ0) is 23.8. The largest absolute Gasteiger partial charge is 0.494 e. The molecular weight excluding hydrogens is 473 g/mol. The number of benzene rings is 2. The first-order valence-electron chi connectivity index (χ1n) is 9.87. The SMILES string of the molecule is CCOc1cccc(-n2nc(C(F)(F)F)cc2-c2ccc(-c3cccc(S(C)(=O)=O)c3)s2)c1. The zero-order valence-electron chi connectivity index (χ0n) is 17.6. The van der Waals surface area contributed by atoms with E-state index in [-0.39, 0.29) is 10.6 Å². The van der Waals surface area contributed by atoms with Gasteiger partial charge in [-0.2, -0.15) is 18.3 Å². The van der Waals surface area contributed by atoms with E-state index >= 15 is 0 Å². The number of thiophene rings is 1. The summed E-state index contributed by atoms with van der Waals surface area (Å²) in [5, 5.41) is 3.82. The molecule has 0 amide bonds. The Morgan fingerprint density at radius 3 is 2.42 bits per heavy atom. The zero-order valence-corrected chi connectivity index (χ0v) is 19.3. The van der Waals surface area contributed by atoms with Crippen LogP contribution in [0.15, 0.2) is 71.6 Å². The number of hydrogen-bond donors (Lipinski definition) is 0. The van der Waals surface area contributed by atoms with Gasteiger partial charge in [-0.1, -0.05) is 18.2 Å². The number of halogens is 3. The maximum absolute atomic E-state index is 13.5. The van der Waals surface area contributed by atoms with Gasteiger partial charge in [0.1, 0.15) is 5.75 Å². The van der Waals surface area contributed by atoms with Crippen molar-refractivity contribution in [2.24, 2.45) is 0 Å². The minimum atomic E-state index is -4.61. The predicted molar refractivity (Wildman–Crippen MR) is 122 cm³/mol.